The highest BCUT2D eigenvalue weighted by Crippen LogP contribution is 2.33. The maximum absolute atomic E-state index is 10.4. The number of carbonyl (C=O) groups excluding carboxylic acids is 1. The van der Waals surface area contributed by atoms with Gasteiger partial charge in [0, 0.05) is 6.42 Å². The molecule has 0 amide bonds. The van der Waals surface area contributed by atoms with Crippen LogP contribution in [0.25, 0.3) is 10.1 Å². The van der Waals surface area contributed by atoms with Crippen LogP contribution < -0.4 is 4.74 Å². The van der Waals surface area contributed by atoms with Gasteiger partial charge in [0.15, 0.2) is 0 Å². The first-order valence-electron chi connectivity index (χ1n) is 4.33. The molecule has 0 saturated carbocycles. The molecule has 2 rings (SSSR count). The van der Waals surface area contributed by atoms with E-state index in [4.69, 9.17) is 4.74 Å². The standard InChI is InChI=1S/C11H10O2S/c1-13-10-4-2-3-9-8(5-6-12)7-14-11(9)10/h2-4,6-7H,5H2,1H3. The van der Waals surface area contributed by atoms with E-state index in [1.807, 2.05) is 23.6 Å². The highest BCUT2D eigenvalue weighted by atomic mass is 32.1. The van der Waals surface area contributed by atoms with E-state index in [1.54, 1.807) is 18.4 Å². The van der Waals surface area contributed by atoms with Crippen molar-refractivity contribution in [2.24, 2.45) is 0 Å². The van der Waals surface area contributed by atoms with Gasteiger partial charge in [0.25, 0.3) is 0 Å². The summed E-state index contributed by atoms with van der Waals surface area (Å²) < 4.78 is 6.36. The van der Waals surface area contributed by atoms with Crippen molar-refractivity contribution in [3.63, 3.8) is 0 Å². The van der Waals surface area contributed by atoms with E-state index in [1.165, 1.54) is 0 Å². The Morgan fingerprint density at radius 1 is 1.50 bits per heavy atom. The van der Waals surface area contributed by atoms with Crippen LogP contribution in [-0.2, 0) is 11.2 Å². The lowest BCUT2D eigenvalue weighted by Gasteiger charge is -2.00. The smallest absolute Gasteiger partial charge is 0.136 e. The number of carbonyl (C=O) groups is 1. The number of benzene rings is 1. The van der Waals surface area contributed by atoms with Crippen LogP contribution in [0.2, 0.25) is 0 Å². The third-order valence-electron chi connectivity index (χ3n) is 2.17. The maximum Gasteiger partial charge on any atom is 0.136 e. The summed E-state index contributed by atoms with van der Waals surface area (Å²) in [6, 6.07) is 5.90. The maximum atomic E-state index is 10.4. The quantitative estimate of drug-likeness (QED) is 0.722. The van der Waals surface area contributed by atoms with Gasteiger partial charge in [-0.05, 0) is 22.4 Å². The summed E-state index contributed by atoms with van der Waals surface area (Å²) in [5.74, 6) is 0.879. The SMILES string of the molecule is COc1cccc2c(CC=O)csc12. The number of methoxy groups -OCH3 is 1. The van der Waals surface area contributed by atoms with Gasteiger partial charge in [-0.1, -0.05) is 12.1 Å². The lowest BCUT2D eigenvalue weighted by Crippen LogP contribution is -1.84. The van der Waals surface area contributed by atoms with E-state index >= 15 is 0 Å². The highest BCUT2D eigenvalue weighted by Gasteiger charge is 2.06. The Balaban J connectivity index is 2.63. The lowest BCUT2D eigenvalue weighted by atomic mass is 10.1. The first-order chi connectivity index (χ1) is 6.86. The molecule has 0 fully saturated rings. The summed E-state index contributed by atoms with van der Waals surface area (Å²) >= 11 is 1.62. The largest absolute Gasteiger partial charge is 0.495 e. The fourth-order valence-corrected chi connectivity index (χ4v) is 2.57. The second-order valence-corrected chi connectivity index (χ2v) is 3.85. The number of rotatable bonds is 3. The van der Waals surface area contributed by atoms with Crippen molar-refractivity contribution < 1.29 is 9.53 Å². The lowest BCUT2D eigenvalue weighted by molar-refractivity contribution is -0.107. The van der Waals surface area contributed by atoms with Gasteiger partial charge >= 0.3 is 0 Å². The van der Waals surface area contributed by atoms with Crippen LogP contribution in [0, 0.1) is 0 Å². The van der Waals surface area contributed by atoms with Crippen LogP contribution in [0.4, 0.5) is 0 Å². The average Bonchev–Trinajstić information content (AvgIpc) is 2.62. The normalized spacial score (nSPS) is 10.4. The number of thiophene rings is 1. The summed E-state index contributed by atoms with van der Waals surface area (Å²) in [7, 11) is 1.66. The van der Waals surface area contributed by atoms with E-state index < -0.39 is 0 Å². The second-order valence-electron chi connectivity index (χ2n) is 2.97. The number of aldehydes is 1. The van der Waals surface area contributed by atoms with E-state index in [2.05, 4.69) is 0 Å². The zero-order valence-corrected chi connectivity index (χ0v) is 8.64. The number of ether oxygens (including phenoxy) is 1. The summed E-state index contributed by atoms with van der Waals surface area (Å²) in [5.41, 5.74) is 1.08. The Labute approximate surface area is 86.1 Å². The first-order valence-corrected chi connectivity index (χ1v) is 5.21. The Hall–Kier alpha value is -1.35. The summed E-state index contributed by atoms with van der Waals surface area (Å²) in [6.07, 6.45) is 1.41. The van der Waals surface area contributed by atoms with Crippen molar-refractivity contribution in [2.45, 2.75) is 6.42 Å². The molecule has 0 aliphatic carbocycles. The molecule has 0 saturated heterocycles. The van der Waals surface area contributed by atoms with Gasteiger partial charge in [0.2, 0.25) is 0 Å². The van der Waals surface area contributed by atoms with Crippen LogP contribution in [0.1, 0.15) is 5.56 Å². The molecule has 0 N–H and O–H groups in total. The third kappa shape index (κ3) is 1.40. The summed E-state index contributed by atoms with van der Waals surface area (Å²) in [5, 5.41) is 3.14. The van der Waals surface area contributed by atoms with Crippen molar-refractivity contribution in [3.05, 3.63) is 29.1 Å². The summed E-state index contributed by atoms with van der Waals surface area (Å²) in [4.78, 5) is 10.4. The monoisotopic (exact) mass is 206 g/mol. The average molecular weight is 206 g/mol. The van der Waals surface area contributed by atoms with Crippen molar-refractivity contribution in [1.29, 1.82) is 0 Å². The minimum atomic E-state index is 0.479. The van der Waals surface area contributed by atoms with Crippen molar-refractivity contribution in [1.82, 2.24) is 0 Å². The zero-order chi connectivity index (χ0) is 9.97. The van der Waals surface area contributed by atoms with Crippen LogP contribution >= 0.6 is 11.3 Å². The molecule has 0 bridgehead atoms. The molecular weight excluding hydrogens is 196 g/mol. The van der Waals surface area contributed by atoms with Crippen LogP contribution in [-0.4, -0.2) is 13.4 Å². The number of hydrogen-bond acceptors (Lipinski definition) is 3. The van der Waals surface area contributed by atoms with Crippen molar-refractivity contribution >= 4 is 27.7 Å². The molecule has 0 aliphatic rings. The predicted molar refractivity (Wildman–Crippen MR) is 58.1 cm³/mol. The van der Waals surface area contributed by atoms with Crippen LogP contribution in [0.3, 0.4) is 0 Å². The molecule has 0 atom stereocenters. The number of hydrogen-bond donors (Lipinski definition) is 0. The minimum Gasteiger partial charge on any atom is -0.495 e. The molecule has 2 aromatic rings. The molecule has 2 nitrogen and oxygen atoms in total. The van der Waals surface area contributed by atoms with Gasteiger partial charge in [-0.25, -0.2) is 0 Å². The molecule has 14 heavy (non-hydrogen) atoms. The predicted octanol–water partition coefficient (Wildman–Crippen LogP) is 2.65. The highest BCUT2D eigenvalue weighted by molar-refractivity contribution is 7.17. The van der Waals surface area contributed by atoms with Gasteiger partial charge in [-0.15, -0.1) is 11.3 Å². The Morgan fingerprint density at radius 2 is 2.36 bits per heavy atom. The molecule has 3 heteroatoms. The Morgan fingerprint density at radius 3 is 3.07 bits per heavy atom. The van der Waals surface area contributed by atoms with Gasteiger partial charge in [0.1, 0.15) is 12.0 Å². The van der Waals surface area contributed by atoms with Gasteiger partial charge < -0.3 is 9.53 Å². The third-order valence-corrected chi connectivity index (χ3v) is 3.23. The Kier molecular flexibility index (Phi) is 2.50. The molecule has 1 aromatic carbocycles. The molecule has 72 valence electrons. The van der Waals surface area contributed by atoms with E-state index in [0.717, 1.165) is 27.7 Å². The first kappa shape index (κ1) is 9.21. The molecule has 1 aromatic heterocycles. The molecule has 0 unspecified atom stereocenters. The fourth-order valence-electron chi connectivity index (χ4n) is 1.49. The minimum absolute atomic E-state index is 0.479. The van der Waals surface area contributed by atoms with Crippen LogP contribution in [0.15, 0.2) is 23.6 Å². The van der Waals surface area contributed by atoms with Gasteiger partial charge in [-0.2, -0.15) is 0 Å². The Bertz CT molecular complexity index is 459. The van der Waals surface area contributed by atoms with Gasteiger partial charge in [-0.3, -0.25) is 0 Å². The van der Waals surface area contributed by atoms with Crippen LogP contribution in [0.5, 0.6) is 5.75 Å². The van der Waals surface area contributed by atoms with Crippen molar-refractivity contribution in [2.75, 3.05) is 7.11 Å². The van der Waals surface area contributed by atoms with E-state index in [9.17, 15) is 4.79 Å². The zero-order valence-electron chi connectivity index (χ0n) is 7.82. The molecule has 0 aliphatic heterocycles. The molecule has 0 spiro atoms. The van der Waals surface area contributed by atoms with E-state index in [0.29, 0.717) is 6.42 Å². The van der Waals surface area contributed by atoms with E-state index in [-0.39, 0.29) is 0 Å². The topological polar surface area (TPSA) is 26.3 Å². The summed E-state index contributed by atoms with van der Waals surface area (Å²) in [6.45, 7) is 0. The second kappa shape index (κ2) is 3.80. The number of fused-ring (bicyclic) bond motifs is 1. The van der Waals surface area contributed by atoms with Gasteiger partial charge in [0.05, 0.1) is 11.8 Å². The molecule has 1 heterocycles. The fraction of sp³-hybridized carbons (Fsp3) is 0.182. The molecule has 0 radical (unpaired) electrons. The van der Waals surface area contributed by atoms with Crippen molar-refractivity contribution in [3.8, 4) is 5.75 Å². The molecular formula is C11H10O2S.